The van der Waals surface area contributed by atoms with E-state index in [0.29, 0.717) is 11.1 Å². The molecule has 0 aliphatic rings. The summed E-state index contributed by atoms with van der Waals surface area (Å²) in [5, 5.41) is 7.27. The molecular formula is C15H11F3N4O3. The van der Waals surface area contributed by atoms with Crippen LogP contribution in [0, 0.1) is 0 Å². The van der Waals surface area contributed by atoms with Gasteiger partial charge in [0, 0.05) is 11.6 Å². The lowest BCUT2D eigenvalue weighted by atomic mass is 10.1. The smallest absolute Gasteiger partial charge is 0.471 e. The fraction of sp³-hybridized carbons (Fsp3) is 0.200. The lowest BCUT2D eigenvalue weighted by Gasteiger charge is -2.06. The molecule has 0 spiro atoms. The molecule has 0 N–H and O–H groups in total. The van der Waals surface area contributed by atoms with Crippen LogP contribution in [0.15, 0.2) is 45.8 Å². The Balaban J connectivity index is 1.81. The van der Waals surface area contributed by atoms with Gasteiger partial charge in [-0.3, -0.25) is 4.79 Å². The predicted molar refractivity (Wildman–Crippen MR) is 78.9 cm³/mol. The van der Waals surface area contributed by atoms with Gasteiger partial charge in [0.05, 0.1) is 19.9 Å². The van der Waals surface area contributed by atoms with Gasteiger partial charge in [-0.05, 0) is 5.56 Å². The predicted octanol–water partition coefficient (Wildman–Crippen LogP) is 2.37. The van der Waals surface area contributed by atoms with Crippen molar-refractivity contribution in [1.82, 2.24) is 19.9 Å². The first-order chi connectivity index (χ1) is 11.9. The summed E-state index contributed by atoms with van der Waals surface area (Å²) in [6.45, 7) is 0.177. The Morgan fingerprint density at radius 2 is 1.92 bits per heavy atom. The summed E-state index contributed by atoms with van der Waals surface area (Å²) in [6, 6.07) is 7.78. The van der Waals surface area contributed by atoms with Gasteiger partial charge in [0.2, 0.25) is 5.82 Å². The number of hydrogen-bond donors (Lipinski definition) is 0. The van der Waals surface area contributed by atoms with Gasteiger partial charge >= 0.3 is 17.6 Å². The second-order valence-electron chi connectivity index (χ2n) is 4.98. The summed E-state index contributed by atoms with van der Waals surface area (Å²) >= 11 is 0. The van der Waals surface area contributed by atoms with Crippen LogP contribution < -0.4 is 10.3 Å². The molecule has 0 fully saturated rings. The summed E-state index contributed by atoms with van der Waals surface area (Å²) in [7, 11) is 1.38. The van der Waals surface area contributed by atoms with Gasteiger partial charge in [0.15, 0.2) is 5.75 Å². The van der Waals surface area contributed by atoms with Gasteiger partial charge in [0.25, 0.3) is 0 Å². The molecule has 0 saturated carbocycles. The number of aromatic nitrogens is 4. The molecular weight excluding hydrogens is 341 g/mol. The number of nitrogens with zero attached hydrogens (tertiary/aromatic N) is 4. The number of methoxy groups -OCH3 is 1. The Hall–Kier alpha value is -3.17. The van der Waals surface area contributed by atoms with Crippen LogP contribution in [0.4, 0.5) is 13.2 Å². The van der Waals surface area contributed by atoms with E-state index in [0.717, 1.165) is 0 Å². The lowest BCUT2D eigenvalue weighted by Crippen LogP contribution is -2.23. The van der Waals surface area contributed by atoms with Crippen molar-refractivity contribution in [2.24, 2.45) is 0 Å². The normalized spacial score (nSPS) is 11.5. The monoisotopic (exact) mass is 352 g/mol. The molecule has 0 radical (unpaired) electrons. The first-order valence-corrected chi connectivity index (χ1v) is 6.99. The molecule has 1 aromatic carbocycles. The van der Waals surface area contributed by atoms with E-state index in [4.69, 9.17) is 4.74 Å². The van der Waals surface area contributed by atoms with E-state index in [2.05, 4.69) is 19.8 Å². The molecule has 7 nitrogen and oxygen atoms in total. The van der Waals surface area contributed by atoms with Crippen molar-refractivity contribution in [2.75, 3.05) is 7.11 Å². The molecule has 2 aromatic heterocycles. The molecule has 0 saturated heterocycles. The van der Waals surface area contributed by atoms with E-state index in [1.807, 2.05) is 0 Å². The summed E-state index contributed by atoms with van der Waals surface area (Å²) in [6.07, 6.45) is -3.25. The van der Waals surface area contributed by atoms with Gasteiger partial charge in [-0.15, -0.1) is 0 Å². The number of hydrogen-bond acceptors (Lipinski definition) is 6. The van der Waals surface area contributed by atoms with Crippen molar-refractivity contribution >= 4 is 0 Å². The Bertz CT molecular complexity index is 932. The molecule has 0 aliphatic carbocycles. The van der Waals surface area contributed by atoms with Gasteiger partial charge in [-0.25, -0.2) is 4.68 Å². The largest absolute Gasteiger partial charge is 0.491 e. The summed E-state index contributed by atoms with van der Waals surface area (Å²) in [4.78, 5) is 15.3. The molecule has 2 heterocycles. The Morgan fingerprint density at radius 3 is 2.52 bits per heavy atom. The highest BCUT2D eigenvalue weighted by Gasteiger charge is 2.38. The molecule has 3 rings (SSSR count). The molecule has 10 heteroatoms. The van der Waals surface area contributed by atoms with E-state index < -0.39 is 12.1 Å². The lowest BCUT2D eigenvalue weighted by molar-refractivity contribution is -0.159. The van der Waals surface area contributed by atoms with Crippen LogP contribution in [0.3, 0.4) is 0 Å². The molecule has 0 bridgehead atoms. The van der Waals surface area contributed by atoms with Crippen molar-refractivity contribution in [2.45, 2.75) is 12.7 Å². The zero-order chi connectivity index (χ0) is 18.0. The maximum Gasteiger partial charge on any atom is 0.471 e. The van der Waals surface area contributed by atoms with Crippen LogP contribution in [-0.2, 0) is 12.7 Å². The zero-order valence-corrected chi connectivity index (χ0v) is 12.8. The zero-order valence-electron chi connectivity index (χ0n) is 12.8. The van der Waals surface area contributed by atoms with Crippen molar-refractivity contribution in [3.05, 3.63) is 58.3 Å². The number of rotatable bonds is 4. The first kappa shape index (κ1) is 16.7. The maximum atomic E-state index is 12.5. The van der Waals surface area contributed by atoms with Crippen LogP contribution in [0.1, 0.15) is 11.5 Å². The maximum absolute atomic E-state index is 12.5. The average molecular weight is 352 g/mol. The second-order valence-corrected chi connectivity index (χ2v) is 4.98. The van der Waals surface area contributed by atoms with E-state index in [1.165, 1.54) is 36.2 Å². The highest BCUT2D eigenvalue weighted by atomic mass is 19.4. The van der Waals surface area contributed by atoms with Crippen molar-refractivity contribution < 1.29 is 22.4 Å². The second kappa shape index (κ2) is 6.38. The van der Waals surface area contributed by atoms with Crippen LogP contribution in [0.2, 0.25) is 0 Å². The quantitative estimate of drug-likeness (QED) is 0.717. The summed E-state index contributed by atoms with van der Waals surface area (Å²) in [5.74, 6) is -1.41. The Labute approximate surface area is 138 Å². The van der Waals surface area contributed by atoms with Gasteiger partial charge in [-0.2, -0.15) is 23.3 Å². The van der Waals surface area contributed by atoms with Crippen molar-refractivity contribution in [1.29, 1.82) is 0 Å². The summed E-state index contributed by atoms with van der Waals surface area (Å²) in [5.41, 5.74) is 0.683. The van der Waals surface area contributed by atoms with Crippen LogP contribution in [0.25, 0.3) is 11.4 Å². The van der Waals surface area contributed by atoms with Gasteiger partial charge in [0.1, 0.15) is 0 Å². The van der Waals surface area contributed by atoms with Gasteiger partial charge in [-0.1, -0.05) is 29.4 Å². The van der Waals surface area contributed by atoms with E-state index >= 15 is 0 Å². The number of ether oxygens (including phenoxy) is 1. The SMILES string of the molecule is COc1ccnn(Cc2ccc(-c3noc(C(F)(F)F)n3)cc2)c1=O. The molecule has 0 atom stereocenters. The first-order valence-electron chi connectivity index (χ1n) is 6.99. The standard InChI is InChI=1S/C15H11F3N4O3/c1-24-11-6-7-19-22(13(11)23)8-9-2-4-10(5-3-9)12-20-14(25-21-12)15(16,17)18/h2-7H,8H2,1H3. The van der Waals surface area contributed by atoms with Crippen molar-refractivity contribution in [3.63, 3.8) is 0 Å². The van der Waals surface area contributed by atoms with E-state index in [-0.39, 0.29) is 23.7 Å². The van der Waals surface area contributed by atoms with Crippen molar-refractivity contribution in [3.8, 4) is 17.1 Å². The molecule has 0 amide bonds. The average Bonchev–Trinajstić information content (AvgIpc) is 3.08. The minimum atomic E-state index is -4.69. The summed E-state index contributed by atoms with van der Waals surface area (Å²) < 4.78 is 47.8. The molecule has 0 aliphatic heterocycles. The topological polar surface area (TPSA) is 83.0 Å². The Kier molecular flexibility index (Phi) is 4.26. The molecule has 0 unspecified atom stereocenters. The number of alkyl halides is 3. The number of benzene rings is 1. The Morgan fingerprint density at radius 1 is 1.20 bits per heavy atom. The fourth-order valence-electron chi connectivity index (χ4n) is 2.09. The third-order valence-corrected chi connectivity index (χ3v) is 3.31. The fourth-order valence-corrected chi connectivity index (χ4v) is 2.09. The van der Waals surface area contributed by atoms with Crippen LogP contribution >= 0.6 is 0 Å². The van der Waals surface area contributed by atoms with Crippen LogP contribution in [-0.4, -0.2) is 27.0 Å². The molecule has 130 valence electrons. The third kappa shape index (κ3) is 3.52. The highest BCUT2D eigenvalue weighted by Crippen LogP contribution is 2.29. The highest BCUT2D eigenvalue weighted by molar-refractivity contribution is 5.54. The minimum Gasteiger partial charge on any atom is -0.491 e. The molecule has 25 heavy (non-hydrogen) atoms. The van der Waals surface area contributed by atoms with E-state index in [9.17, 15) is 18.0 Å². The van der Waals surface area contributed by atoms with Gasteiger partial charge < -0.3 is 9.26 Å². The molecule has 3 aromatic rings. The third-order valence-electron chi connectivity index (χ3n) is 3.31. The number of halogens is 3. The van der Waals surface area contributed by atoms with Crippen LogP contribution in [0.5, 0.6) is 5.75 Å². The van der Waals surface area contributed by atoms with E-state index in [1.54, 1.807) is 12.1 Å². The minimum absolute atomic E-state index is 0.165.